The van der Waals surface area contributed by atoms with Crippen LogP contribution in [0.2, 0.25) is 5.82 Å². The van der Waals surface area contributed by atoms with Gasteiger partial charge in [0.2, 0.25) is 0 Å². The minimum absolute atomic E-state index is 0.0585. The van der Waals surface area contributed by atoms with Crippen LogP contribution in [-0.4, -0.2) is 19.6 Å². The van der Waals surface area contributed by atoms with Crippen LogP contribution in [-0.2, 0) is 10.2 Å². The van der Waals surface area contributed by atoms with Crippen LogP contribution in [0.3, 0.4) is 0 Å². The van der Waals surface area contributed by atoms with Gasteiger partial charge in [-0.3, -0.25) is 0 Å². The fourth-order valence-electron chi connectivity index (χ4n) is 2.25. The Balaban J connectivity index is 2.60. The topological polar surface area (TPSA) is 17.1 Å². The summed E-state index contributed by atoms with van der Waals surface area (Å²) >= 11 is 0.0585. The van der Waals surface area contributed by atoms with Gasteiger partial charge in [0.05, 0.1) is 0 Å². The van der Waals surface area contributed by atoms with Gasteiger partial charge in [0, 0.05) is 0 Å². The second kappa shape index (κ2) is 3.62. The van der Waals surface area contributed by atoms with Crippen LogP contribution in [0.25, 0.3) is 5.57 Å². The predicted octanol–water partition coefficient (Wildman–Crippen LogP) is 2.64. The van der Waals surface area contributed by atoms with E-state index in [2.05, 4.69) is 25.1 Å². The van der Waals surface area contributed by atoms with Gasteiger partial charge >= 0.3 is 96.6 Å². The van der Waals surface area contributed by atoms with E-state index in [4.69, 9.17) is 0 Å². The molecule has 0 heterocycles. The molecule has 2 rings (SSSR count). The molecule has 0 bridgehead atoms. The van der Waals surface area contributed by atoms with Crippen LogP contribution in [0.4, 0.5) is 0 Å². The number of carbonyl (C=O) groups excluding carboxylic acids is 1. The molecule has 0 aromatic heterocycles. The van der Waals surface area contributed by atoms with Crippen molar-refractivity contribution < 1.29 is 4.79 Å². The average Bonchev–Trinajstić information content (AvgIpc) is 2.52. The Kier molecular flexibility index (Phi) is 2.57. The number of carbonyl (C=O) groups is 1. The Bertz CT molecular complexity index is 448. The van der Waals surface area contributed by atoms with E-state index in [-0.39, 0.29) is 20.4 Å². The molecule has 0 saturated heterocycles. The fraction of sp³-hybridized carbons (Fsp3) is 0.308. The number of fused-ring (bicyclic) bond motifs is 1. The summed E-state index contributed by atoms with van der Waals surface area (Å²) in [5.74, 6) is 1.99. The Morgan fingerprint density at radius 2 is 2.00 bits per heavy atom. The Hall–Kier alpha value is -0.851. The van der Waals surface area contributed by atoms with Gasteiger partial charge in [-0.05, 0) is 0 Å². The Morgan fingerprint density at radius 3 is 2.67 bits per heavy atom. The minimum atomic E-state index is -0.366. The molecule has 1 aromatic rings. The van der Waals surface area contributed by atoms with Gasteiger partial charge < -0.3 is 0 Å². The van der Waals surface area contributed by atoms with Crippen LogP contribution >= 0.6 is 0 Å². The van der Waals surface area contributed by atoms with E-state index in [9.17, 15) is 4.79 Å². The molecule has 1 aliphatic carbocycles. The molecule has 0 amide bonds. The SMILES string of the molecule is C[Se]C(=O)C1(C)C=C(C)c2ccccc21. The third-order valence-electron chi connectivity index (χ3n) is 3.03. The molecule has 78 valence electrons. The van der Waals surface area contributed by atoms with Crippen LogP contribution in [0.1, 0.15) is 25.0 Å². The van der Waals surface area contributed by atoms with E-state index >= 15 is 0 Å². The average molecular weight is 265 g/mol. The van der Waals surface area contributed by atoms with Crippen molar-refractivity contribution in [1.82, 2.24) is 0 Å². The van der Waals surface area contributed by atoms with Crippen molar-refractivity contribution in [2.45, 2.75) is 25.1 Å². The van der Waals surface area contributed by atoms with E-state index < -0.39 is 0 Å². The van der Waals surface area contributed by atoms with Crippen molar-refractivity contribution in [3.05, 3.63) is 41.5 Å². The van der Waals surface area contributed by atoms with Crippen molar-refractivity contribution in [1.29, 1.82) is 0 Å². The van der Waals surface area contributed by atoms with Crippen molar-refractivity contribution in [3.8, 4) is 0 Å². The van der Waals surface area contributed by atoms with Gasteiger partial charge in [-0.15, -0.1) is 0 Å². The number of benzene rings is 1. The molecule has 0 spiro atoms. The number of rotatable bonds is 2. The standard InChI is InChI=1S/C13H14OSe/c1-9-8-13(2,12(14)15-3)11-7-5-4-6-10(9)11/h4-8H,1-3H3. The monoisotopic (exact) mass is 266 g/mol. The molecule has 1 aromatic carbocycles. The van der Waals surface area contributed by atoms with E-state index in [0.717, 1.165) is 0 Å². The first-order chi connectivity index (χ1) is 7.09. The zero-order valence-corrected chi connectivity index (χ0v) is 10.9. The normalized spacial score (nSPS) is 23.5. The third-order valence-corrected chi connectivity index (χ3v) is 4.69. The summed E-state index contributed by atoms with van der Waals surface area (Å²) in [6.07, 6.45) is 2.12. The van der Waals surface area contributed by atoms with Gasteiger partial charge in [0.15, 0.2) is 0 Å². The molecule has 0 saturated carbocycles. The van der Waals surface area contributed by atoms with E-state index in [1.807, 2.05) is 24.9 Å². The second-order valence-electron chi connectivity index (χ2n) is 4.07. The van der Waals surface area contributed by atoms with Gasteiger partial charge in [-0.2, -0.15) is 0 Å². The Labute approximate surface area is 96.7 Å². The van der Waals surface area contributed by atoms with Crippen molar-refractivity contribution in [2.24, 2.45) is 0 Å². The van der Waals surface area contributed by atoms with E-state index in [0.29, 0.717) is 4.68 Å². The van der Waals surface area contributed by atoms with Gasteiger partial charge in [0.1, 0.15) is 0 Å². The zero-order valence-electron chi connectivity index (χ0n) is 9.20. The summed E-state index contributed by atoms with van der Waals surface area (Å²) < 4.78 is 0.360. The number of hydrogen-bond donors (Lipinski definition) is 0. The van der Waals surface area contributed by atoms with E-state index in [1.54, 1.807) is 0 Å². The molecule has 1 atom stereocenters. The summed E-state index contributed by atoms with van der Waals surface area (Å²) in [6.45, 7) is 4.12. The summed E-state index contributed by atoms with van der Waals surface area (Å²) in [6, 6.07) is 8.22. The summed E-state index contributed by atoms with van der Waals surface area (Å²) in [5.41, 5.74) is 3.27. The third kappa shape index (κ3) is 1.49. The molecule has 0 radical (unpaired) electrons. The summed E-state index contributed by atoms with van der Waals surface area (Å²) in [4.78, 5) is 12.0. The maximum atomic E-state index is 12.0. The van der Waals surface area contributed by atoms with Crippen LogP contribution in [0.5, 0.6) is 0 Å². The predicted molar refractivity (Wildman–Crippen MR) is 64.1 cm³/mol. The van der Waals surface area contributed by atoms with Gasteiger partial charge in [-0.1, -0.05) is 0 Å². The molecular formula is C13H14OSe. The first-order valence-corrected chi connectivity index (χ1v) is 7.54. The molecule has 1 aliphatic rings. The molecule has 1 unspecified atom stereocenters. The molecule has 1 nitrogen and oxygen atoms in total. The molecule has 0 fully saturated rings. The van der Waals surface area contributed by atoms with E-state index in [1.165, 1.54) is 16.7 Å². The van der Waals surface area contributed by atoms with Gasteiger partial charge in [-0.25, -0.2) is 0 Å². The quantitative estimate of drug-likeness (QED) is 0.751. The summed E-state index contributed by atoms with van der Waals surface area (Å²) in [5, 5.41) is 0. The molecule has 0 N–H and O–H groups in total. The van der Waals surface area contributed by atoms with Gasteiger partial charge in [0.25, 0.3) is 0 Å². The second-order valence-corrected chi connectivity index (χ2v) is 5.70. The van der Waals surface area contributed by atoms with Crippen LogP contribution < -0.4 is 0 Å². The molecule has 0 aliphatic heterocycles. The molecule has 15 heavy (non-hydrogen) atoms. The molecule has 2 heteroatoms. The number of hydrogen-bond acceptors (Lipinski definition) is 1. The summed E-state index contributed by atoms with van der Waals surface area (Å²) in [7, 11) is 0. The first kappa shape index (κ1) is 10.7. The number of allylic oxidation sites excluding steroid dienone is 2. The van der Waals surface area contributed by atoms with Crippen LogP contribution in [0, 0.1) is 0 Å². The fourth-order valence-corrected chi connectivity index (χ4v) is 3.49. The first-order valence-electron chi connectivity index (χ1n) is 4.97. The van der Waals surface area contributed by atoms with Crippen molar-refractivity contribution >= 4 is 25.2 Å². The zero-order chi connectivity index (χ0) is 11.1. The maximum absolute atomic E-state index is 12.0. The van der Waals surface area contributed by atoms with Crippen LogP contribution in [0.15, 0.2) is 30.3 Å². The van der Waals surface area contributed by atoms with Crippen molar-refractivity contribution in [2.75, 3.05) is 0 Å². The molecular weight excluding hydrogens is 251 g/mol. The Morgan fingerprint density at radius 1 is 1.33 bits per heavy atom. The van der Waals surface area contributed by atoms with Crippen molar-refractivity contribution in [3.63, 3.8) is 0 Å².